The Kier molecular flexibility index (Phi) is 5.28. The molecule has 9 heteroatoms. The first-order chi connectivity index (χ1) is 13.9. The molecule has 3 rings (SSSR count). The second kappa shape index (κ2) is 7.32. The SMILES string of the molecule is CC(C)(CO)c1c(-c2ccc(C(=O)O)cc2)c2c(O)c(F)ccc2n1CC(F)(F)F. The van der Waals surface area contributed by atoms with Crippen molar-refractivity contribution in [2.45, 2.75) is 32.0 Å². The fourth-order valence-electron chi connectivity index (χ4n) is 3.58. The van der Waals surface area contributed by atoms with Crippen LogP contribution in [0.3, 0.4) is 0 Å². The predicted octanol–water partition coefficient (Wildman–Crippen LogP) is 4.68. The van der Waals surface area contributed by atoms with Gasteiger partial charge in [0.15, 0.2) is 11.6 Å². The minimum absolute atomic E-state index is 0.0429. The van der Waals surface area contributed by atoms with Crippen molar-refractivity contribution in [1.82, 2.24) is 4.57 Å². The first-order valence-electron chi connectivity index (χ1n) is 8.93. The van der Waals surface area contributed by atoms with Crippen molar-refractivity contribution < 1.29 is 37.7 Å². The number of carbonyl (C=O) groups is 1. The summed E-state index contributed by atoms with van der Waals surface area (Å²) in [5.41, 5.74) is -0.878. The summed E-state index contributed by atoms with van der Waals surface area (Å²) in [6.07, 6.45) is -4.62. The zero-order valence-corrected chi connectivity index (χ0v) is 16.1. The second-order valence-corrected chi connectivity index (χ2v) is 7.64. The minimum atomic E-state index is -4.62. The van der Waals surface area contributed by atoms with E-state index < -0.39 is 42.3 Å². The highest BCUT2D eigenvalue weighted by Crippen LogP contribution is 2.46. The molecular formula is C21H19F4NO4. The number of benzene rings is 2. The van der Waals surface area contributed by atoms with E-state index in [9.17, 15) is 32.6 Å². The number of aromatic carboxylic acids is 1. The van der Waals surface area contributed by atoms with Gasteiger partial charge in [-0.2, -0.15) is 13.2 Å². The number of nitrogens with zero attached hydrogens (tertiary/aromatic N) is 1. The number of aliphatic hydroxyl groups is 1. The smallest absolute Gasteiger partial charge is 0.406 e. The molecule has 0 aliphatic carbocycles. The van der Waals surface area contributed by atoms with Crippen molar-refractivity contribution in [2.24, 2.45) is 0 Å². The van der Waals surface area contributed by atoms with Crippen LogP contribution in [0.25, 0.3) is 22.0 Å². The lowest BCUT2D eigenvalue weighted by Gasteiger charge is -2.27. The molecule has 0 atom stereocenters. The molecule has 0 fully saturated rings. The van der Waals surface area contributed by atoms with Gasteiger partial charge in [-0.15, -0.1) is 0 Å². The Morgan fingerprint density at radius 1 is 1.07 bits per heavy atom. The quantitative estimate of drug-likeness (QED) is 0.519. The Morgan fingerprint density at radius 3 is 2.17 bits per heavy atom. The van der Waals surface area contributed by atoms with Gasteiger partial charge in [-0.25, -0.2) is 9.18 Å². The molecule has 30 heavy (non-hydrogen) atoms. The molecule has 0 bridgehead atoms. The summed E-state index contributed by atoms with van der Waals surface area (Å²) in [5, 5.41) is 29.3. The second-order valence-electron chi connectivity index (χ2n) is 7.64. The predicted molar refractivity (Wildman–Crippen MR) is 102 cm³/mol. The molecule has 0 aliphatic rings. The van der Waals surface area contributed by atoms with Gasteiger partial charge < -0.3 is 19.9 Å². The monoisotopic (exact) mass is 425 g/mol. The van der Waals surface area contributed by atoms with E-state index in [0.29, 0.717) is 0 Å². The van der Waals surface area contributed by atoms with Gasteiger partial charge >= 0.3 is 12.1 Å². The summed E-state index contributed by atoms with van der Waals surface area (Å²) in [6, 6.07) is 7.28. The average molecular weight is 425 g/mol. The van der Waals surface area contributed by atoms with Crippen molar-refractivity contribution in [1.29, 1.82) is 0 Å². The Hall–Kier alpha value is -3.07. The number of fused-ring (bicyclic) bond motifs is 1. The van der Waals surface area contributed by atoms with Crippen LogP contribution in [0.2, 0.25) is 0 Å². The van der Waals surface area contributed by atoms with Crippen LogP contribution in [0.5, 0.6) is 5.75 Å². The van der Waals surface area contributed by atoms with Gasteiger partial charge in [-0.3, -0.25) is 0 Å². The zero-order chi connectivity index (χ0) is 22.4. The van der Waals surface area contributed by atoms with Crippen molar-refractivity contribution in [3.63, 3.8) is 0 Å². The maximum absolute atomic E-state index is 14.2. The maximum Gasteiger partial charge on any atom is 0.406 e. The number of aliphatic hydroxyl groups excluding tert-OH is 1. The van der Waals surface area contributed by atoms with Gasteiger partial charge in [0.1, 0.15) is 6.54 Å². The fourth-order valence-corrected chi connectivity index (χ4v) is 3.58. The van der Waals surface area contributed by atoms with E-state index in [-0.39, 0.29) is 33.3 Å². The van der Waals surface area contributed by atoms with Gasteiger partial charge in [0, 0.05) is 16.7 Å². The van der Waals surface area contributed by atoms with Crippen LogP contribution in [0, 0.1) is 5.82 Å². The summed E-state index contributed by atoms with van der Waals surface area (Å²) >= 11 is 0. The van der Waals surface area contributed by atoms with Crippen LogP contribution < -0.4 is 0 Å². The van der Waals surface area contributed by atoms with Crippen LogP contribution in [-0.4, -0.2) is 38.6 Å². The van der Waals surface area contributed by atoms with Crippen LogP contribution in [0.4, 0.5) is 17.6 Å². The van der Waals surface area contributed by atoms with E-state index in [1.165, 1.54) is 38.1 Å². The standard InChI is InChI=1S/C21H19F4NO4/c1-20(2,10-27)18-15(11-3-5-12(6-4-11)19(29)30)16-14(8-7-13(22)17(16)28)26(18)9-21(23,24)25/h3-8,27-28H,9-10H2,1-2H3,(H,29,30). The van der Waals surface area contributed by atoms with Gasteiger partial charge in [-0.1, -0.05) is 26.0 Å². The lowest BCUT2D eigenvalue weighted by molar-refractivity contribution is -0.140. The number of hydrogen-bond donors (Lipinski definition) is 3. The average Bonchev–Trinajstić information content (AvgIpc) is 2.98. The molecule has 5 nitrogen and oxygen atoms in total. The topological polar surface area (TPSA) is 82.7 Å². The largest absolute Gasteiger partial charge is 0.504 e. The molecular weight excluding hydrogens is 406 g/mol. The molecule has 1 aromatic heterocycles. The normalized spacial score (nSPS) is 12.5. The van der Waals surface area contributed by atoms with Crippen LogP contribution in [0.15, 0.2) is 36.4 Å². The Morgan fingerprint density at radius 2 is 1.67 bits per heavy atom. The number of carboxylic acid groups (broad SMARTS) is 1. The highest BCUT2D eigenvalue weighted by atomic mass is 19.4. The number of halogens is 4. The molecule has 2 aromatic carbocycles. The van der Waals surface area contributed by atoms with E-state index in [1.54, 1.807) is 0 Å². The molecule has 0 radical (unpaired) electrons. The highest BCUT2D eigenvalue weighted by Gasteiger charge is 2.37. The van der Waals surface area contributed by atoms with Crippen molar-refractivity contribution in [2.75, 3.05) is 6.61 Å². The van der Waals surface area contributed by atoms with E-state index in [2.05, 4.69) is 0 Å². The summed E-state index contributed by atoms with van der Waals surface area (Å²) < 4.78 is 55.2. The number of rotatable bonds is 5. The van der Waals surface area contributed by atoms with Crippen LogP contribution in [0.1, 0.15) is 29.9 Å². The van der Waals surface area contributed by atoms with Gasteiger partial charge in [0.2, 0.25) is 0 Å². The first-order valence-corrected chi connectivity index (χ1v) is 8.93. The molecule has 0 unspecified atom stereocenters. The first kappa shape index (κ1) is 21.6. The molecule has 0 saturated heterocycles. The Balaban J connectivity index is 2.48. The third kappa shape index (κ3) is 3.72. The third-order valence-electron chi connectivity index (χ3n) is 4.95. The van der Waals surface area contributed by atoms with E-state index in [4.69, 9.17) is 5.11 Å². The van der Waals surface area contributed by atoms with Crippen LogP contribution >= 0.6 is 0 Å². The van der Waals surface area contributed by atoms with Crippen molar-refractivity contribution in [3.05, 3.63) is 53.5 Å². The van der Waals surface area contributed by atoms with Crippen LogP contribution in [-0.2, 0) is 12.0 Å². The van der Waals surface area contributed by atoms with Crippen molar-refractivity contribution >= 4 is 16.9 Å². The van der Waals surface area contributed by atoms with Crippen molar-refractivity contribution in [3.8, 4) is 16.9 Å². The third-order valence-corrected chi connectivity index (χ3v) is 4.95. The summed E-state index contributed by atoms with van der Waals surface area (Å²) in [6.45, 7) is 1.11. The lowest BCUT2D eigenvalue weighted by atomic mass is 9.84. The number of hydrogen-bond acceptors (Lipinski definition) is 3. The summed E-state index contributed by atoms with van der Waals surface area (Å²) in [4.78, 5) is 11.1. The van der Waals surface area contributed by atoms with Gasteiger partial charge in [0.25, 0.3) is 0 Å². The summed E-state index contributed by atoms with van der Waals surface area (Å²) in [5.74, 6) is -3.02. The molecule has 1 heterocycles. The highest BCUT2D eigenvalue weighted by molar-refractivity contribution is 6.03. The summed E-state index contributed by atoms with van der Waals surface area (Å²) in [7, 11) is 0. The Bertz CT molecular complexity index is 1110. The number of carboxylic acids is 1. The lowest BCUT2D eigenvalue weighted by Crippen LogP contribution is -2.29. The van der Waals surface area contributed by atoms with E-state index in [1.807, 2.05) is 0 Å². The molecule has 160 valence electrons. The fraction of sp³-hybridized carbons (Fsp3) is 0.286. The number of alkyl halides is 3. The zero-order valence-electron chi connectivity index (χ0n) is 16.1. The molecule has 3 N–H and O–H groups in total. The maximum atomic E-state index is 14.2. The number of aromatic nitrogens is 1. The Labute approximate surface area is 168 Å². The molecule has 0 saturated carbocycles. The van der Waals surface area contributed by atoms with Gasteiger partial charge in [0.05, 0.1) is 23.1 Å². The molecule has 0 aliphatic heterocycles. The molecule has 0 amide bonds. The number of aromatic hydroxyl groups is 1. The number of phenols is 1. The van der Waals surface area contributed by atoms with E-state index in [0.717, 1.165) is 16.7 Å². The van der Waals surface area contributed by atoms with Gasteiger partial charge in [-0.05, 0) is 29.8 Å². The molecule has 3 aromatic rings. The molecule has 0 spiro atoms. The number of phenolic OH excluding ortho intramolecular Hbond substituents is 1. The van der Waals surface area contributed by atoms with E-state index >= 15 is 0 Å². The minimum Gasteiger partial charge on any atom is -0.504 e.